The number of nitrogens with one attached hydrogen (secondary N) is 1. The van der Waals surface area contributed by atoms with Gasteiger partial charge in [-0.3, -0.25) is 9.78 Å². The monoisotopic (exact) mass is 352 g/mol. The van der Waals surface area contributed by atoms with Gasteiger partial charge in [0.15, 0.2) is 0 Å². The van der Waals surface area contributed by atoms with E-state index in [0.717, 1.165) is 22.9 Å². The maximum atomic E-state index is 12.8. The summed E-state index contributed by atoms with van der Waals surface area (Å²) < 4.78 is 5.73. The molecule has 1 aliphatic rings. The molecule has 1 amide bonds. The number of ether oxygens (including phenoxy) is 1. The molecule has 1 aliphatic heterocycles. The lowest BCUT2D eigenvalue weighted by Gasteiger charge is -2.19. The van der Waals surface area contributed by atoms with Crippen LogP contribution in [0, 0.1) is 0 Å². The van der Waals surface area contributed by atoms with Crippen molar-refractivity contribution < 1.29 is 9.53 Å². The summed E-state index contributed by atoms with van der Waals surface area (Å²) in [5, 5.41) is 4.66. The molecule has 25 heavy (non-hydrogen) atoms. The van der Waals surface area contributed by atoms with Gasteiger partial charge in [0.2, 0.25) is 0 Å². The lowest BCUT2D eigenvalue weighted by atomic mass is 9.92. The third kappa shape index (κ3) is 3.23. The first-order valence-corrected chi connectivity index (χ1v) is 8.62. The van der Waals surface area contributed by atoms with Crippen LogP contribution in [0.15, 0.2) is 60.8 Å². The maximum absolute atomic E-state index is 12.8. The average Bonchev–Trinajstić information content (AvgIpc) is 3.12. The molecule has 4 rings (SSSR count). The fourth-order valence-electron chi connectivity index (χ4n) is 3.31. The summed E-state index contributed by atoms with van der Waals surface area (Å²) in [7, 11) is 0. The highest BCUT2D eigenvalue weighted by Gasteiger charge is 2.35. The summed E-state index contributed by atoms with van der Waals surface area (Å²) in [5.74, 6) is -0.115. The minimum absolute atomic E-state index is 0.0280. The molecule has 5 heteroatoms. The standard InChI is InChI=1S/C20H17ClN2O2/c21-15-8-6-13(7-9-15)16-10-12-25-19(16)20(24)23-17-5-1-3-14-4-2-11-22-18(14)17/h1-9,11,16,19H,10,12H2,(H,23,24)/t16-,19-/m1/s1. The number of carbonyl (C=O) groups excluding carboxylic acids is 1. The van der Waals surface area contributed by atoms with E-state index in [2.05, 4.69) is 10.3 Å². The predicted octanol–water partition coefficient (Wildman–Crippen LogP) is 4.40. The van der Waals surface area contributed by atoms with E-state index in [1.807, 2.05) is 54.6 Å². The fourth-order valence-corrected chi connectivity index (χ4v) is 3.43. The number of para-hydroxylation sites is 1. The fraction of sp³-hybridized carbons (Fsp3) is 0.200. The lowest BCUT2D eigenvalue weighted by Crippen LogP contribution is -2.31. The molecule has 126 valence electrons. The SMILES string of the molecule is O=C(Nc1cccc2cccnc12)[C@@H]1OCC[C@@H]1c1ccc(Cl)cc1. The van der Waals surface area contributed by atoms with E-state index in [1.165, 1.54) is 0 Å². The Bertz CT molecular complexity index is 906. The molecule has 4 nitrogen and oxygen atoms in total. The van der Waals surface area contributed by atoms with Gasteiger partial charge in [0.25, 0.3) is 5.91 Å². The summed E-state index contributed by atoms with van der Waals surface area (Å²) in [6, 6.07) is 17.2. The third-order valence-corrected chi connectivity index (χ3v) is 4.79. The minimum atomic E-state index is -0.514. The summed E-state index contributed by atoms with van der Waals surface area (Å²) in [4.78, 5) is 17.2. The number of aromatic nitrogens is 1. The van der Waals surface area contributed by atoms with Gasteiger partial charge in [-0.15, -0.1) is 0 Å². The van der Waals surface area contributed by atoms with Crippen LogP contribution in [0.25, 0.3) is 10.9 Å². The molecule has 1 saturated heterocycles. The number of halogens is 1. The van der Waals surface area contributed by atoms with E-state index in [-0.39, 0.29) is 11.8 Å². The van der Waals surface area contributed by atoms with Crippen LogP contribution in [0.5, 0.6) is 0 Å². The lowest BCUT2D eigenvalue weighted by molar-refractivity contribution is -0.125. The summed E-state index contributed by atoms with van der Waals surface area (Å²) in [6.45, 7) is 0.569. The highest BCUT2D eigenvalue weighted by atomic mass is 35.5. The molecule has 0 bridgehead atoms. The van der Waals surface area contributed by atoms with Gasteiger partial charge in [0.1, 0.15) is 6.10 Å². The number of pyridine rings is 1. The van der Waals surface area contributed by atoms with Crippen molar-refractivity contribution in [2.75, 3.05) is 11.9 Å². The molecule has 3 aromatic rings. The Morgan fingerprint density at radius 1 is 1.12 bits per heavy atom. The third-order valence-electron chi connectivity index (χ3n) is 4.54. The Morgan fingerprint density at radius 2 is 1.92 bits per heavy atom. The Morgan fingerprint density at radius 3 is 2.76 bits per heavy atom. The molecular formula is C20H17ClN2O2. The van der Waals surface area contributed by atoms with Crippen molar-refractivity contribution in [1.29, 1.82) is 0 Å². The van der Waals surface area contributed by atoms with Crippen LogP contribution < -0.4 is 5.32 Å². The molecule has 1 N–H and O–H groups in total. The molecule has 1 aromatic heterocycles. The van der Waals surface area contributed by atoms with Crippen LogP contribution in [0.1, 0.15) is 17.9 Å². The number of benzene rings is 2. The number of rotatable bonds is 3. The number of anilines is 1. The normalized spacial score (nSPS) is 19.9. The van der Waals surface area contributed by atoms with Crippen molar-refractivity contribution in [1.82, 2.24) is 4.98 Å². The number of fused-ring (bicyclic) bond motifs is 1. The summed E-state index contributed by atoms with van der Waals surface area (Å²) in [6.07, 6.45) is 2.02. The Balaban J connectivity index is 1.58. The first-order chi connectivity index (χ1) is 12.2. The van der Waals surface area contributed by atoms with Gasteiger partial charge in [-0.05, 0) is 36.2 Å². The van der Waals surface area contributed by atoms with Gasteiger partial charge >= 0.3 is 0 Å². The largest absolute Gasteiger partial charge is 0.368 e. The molecule has 0 unspecified atom stereocenters. The van der Waals surface area contributed by atoms with Crippen molar-refractivity contribution >= 4 is 34.1 Å². The minimum Gasteiger partial charge on any atom is -0.368 e. The maximum Gasteiger partial charge on any atom is 0.254 e. The predicted molar refractivity (Wildman–Crippen MR) is 98.9 cm³/mol. The molecule has 2 heterocycles. The first-order valence-electron chi connectivity index (χ1n) is 8.24. The second kappa shape index (κ2) is 6.82. The smallest absolute Gasteiger partial charge is 0.254 e. The number of carbonyl (C=O) groups is 1. The van der Waals surface area contributed by atoms with E-state index in [1.54, 1.807) is 6.20 Å². The average molecular weight is 353 g/mol. The van der Waals surface area contributed by atoms with Crippen LogP contribution in [0.3, 0.4) is 0 Å². The van der Waals surface area contributed by atoms with Crippen LogP contribution in [0.4, 0.5) is 5.69 Å². The molecule has 1 fully saturated rings. The van der Waals surface area contributed by atoms with Gasteiger partial charge in [0.05, 0.1) is 11.2 Å². The van der Waals surface area contributed by atoms with Crippen LogP contribution in [-0.4, -0.2) is 23.6 Å². The van der Waals surface area contributed by atoms with Crippen molar-refractivity contribution in [2.45, 2.75) is 18.4 Å². The molecule has 0 radical (unpaired) electrons. The van der Waals surface area contributed by atoms with E-state index in [4.69, 9.17) is 16.3 Å². The van der Waals surface area contributed by atoms with Crippen molar-refractivity contribution in [2.24, 2.45) is 0 Å². The number of hydrogen-bond acceptors (Lipinski definition) is 3. The van der Waals surface area contributed by atoms with Crippen molar-refractivity contribution in [3.8, 4) is 0 Å². The zero-order valence-corrected chi connectivity index (χ0v) is 14.2. The summed E-state index contributed by atoms with van der Waals surface area (Å²) >= 11 is 5.96. The summed E-state index contributed by atoms with van der Waals surface area (Å²) in [5.41, 5.74) is 2.55. The molecular weight excluding hydrogens is 336 g/mol. The Kier molecular flexibility index (Phi) is 4.38. The Labute approximate surface area is 150 Å². The van der Waals surface area contributed by atoms with Gasteiger partial charge < -0.3 is 10.1 Å². The Hall–Kier alpha value is -2.43. The number of amides is 1. The second-order valence-electron chi connectivity index (χ2n) is 6.11. The van der Waals surface area contributed by atoms with Gasteiger partial charge in [-0.25, -0.2) is 0 Å². The van der Waals surface area contributed by atoms with E-state index < -0.39 is 6.10 Å². The van der Waals surface area contributed by atoms with Crippen LogP contribution in [-0.2, 0) is 9.53 Å². The van der Waals surface area contributed by atoms with E-state index >= 15 is 0 Å². The van der Waals surface area contributed by atoms with Crippen LogP contribution in [0.2, 0.25) is 5.02 Å². The highest BCUT2D eigenvalue weighted by molar-refractivity contribution is 6.30. The van der Waals surface area contributed by atoms with Gasteiger partial charge in [-0.2, -0.15) is 0 Å². The molecule has 0 saturated carbocycles. The zero-order chi connectivity index (χ0) is 17.2. The first kappa shape index (κ1) is 16.1. The topological polar surface area (TPSA) is 51.2 Å². The quantitative estimate of drug-likeness (QED) is 0.760. The molecule has 2 atom stereocenters. The van der Waals surface area contributed by atoms with E-state index in [9.17, 15) is 4.79 Å². The second-order valence-corrected chi connectivity index (χ2v) is 6.54. The van der Waals surface area contributed by atoms with Crippen molar-refractivity contribution in [3.63, 3.8) is 0 Å². The zero-order valence-electron chi connectivity index (χ0n) is 13.5. The van der Waals surface area contributed by atoms with Gasteiger partial charge in [0, 0.05) is 29.1 Å². The van der Waals surface area contributed by atoms with E-state index in [0.29, 0.717) is 17.3 Å². The number of hydrogen-bond donors (Lipinski definition) is 1. The molecule has 0 aliphatic carbocycles. The van der Waals surface area contributed by atoms with Crippen LogP contribution >= 0.6 is 11.6 Å². The number of nitrogens with zero attached hydrogens (tertiary/aromatic N) is 1. The van der Waals surface area contributed by atoms with Crippen molar-refractivity contribution in [3.05, 3.63) is 71.4 Å². The molecule has 0 spiro atoms. The molecule has 2 aromatic carbocycles. The highest BCUT2D eigenvalue weighted by Crippen LogP contribution is 2.33. The van der Waals surface area contributed by atoms with Gasteiger partial charge in [-0.1, -0.05) is 41.9 Å².